The van der Waals surface area contributed by atoms with E-state index in [-0.39, 0.29) is 5.69 Å². The number of aromatic carboxylic acids is 1. The fourth-order valence-corrected chi connectivity index (χ4v) is 3.46. The van der Waals surface area contributed by atoms with E-state index in [0.717, 1.165) is 16.7 Å². The fourth-order valence-electron chi connectivity index (χ4n) is 3.46. The van der Waals surface area contributed by atoms with Gasteiger partial charge < -0.3 is 5.11 Å². The van der Waals surface area contributed by atoms with Gasteiger partial charge in [0.15, 0.2) is 5.69 Å². The molecule has 1 N–H and O–H groups in total. The highest BCUT2D eigenvalue weighted by molar-refractivity contribution is 5.84. The van der Waals surface area contributed by atoms with Crippen molar-refractivity contribution in [2.75, 3.05) is 0 Å². The predicted octanol–water partition coefficient (Wildman–Crippen LogP) is 3.82. The lowest BCUT2D eigenvalue weighted by Gasteiger charge is -2.35. The molecule has 5 nitrogen and oxygen atoms in total. The van der Waals surface area contributed by atoms with Crippen LogP contribution in [0.3, 0.4) is 0 Å². The molecule has 0 aliphatic carbocycles. The Kier molecular flexibility index (Phi) is 4.26. The van der Waals surface area contributed by atoms with Gasteiger partial charge in [-0.05, 0) is 16.7 Å². The van der Waals surface area contributed by atoms with Crippen LogP contribution in [0.1, 0.15) is 27.2 Å². The van der Waals surface area contributed by atoms with Crippen LogP contribution in [0.15, 0.2) is 97.2 Å². The Bertz CT molecular complexity index is 948. The Labute approximate surface area is 156 Å². The number of carbonyl (C=O) groups is 1. The van der Waals surface area contributed by atoms with E-state index < -0.39 is 11.5 Å². The first-order valence-corrected chi connectivity index (χ1v) is 8.55. The predicted molar refractivity (Wildman–Crippen MR) is 102 cm³/mol. The summed E-state index contributed by atoms with van der Waals surface area (Å²) in [7, 11) is 0. The number of rotatable bonds is 5. The summed E-state index contributed by atoms with van der Waals surface area (Å²) in [5.74, 6) is -1.11. The molecule has 0 saturated heterocycles. The molecule has 1 aromatic heterocycles. The minimum atomic E-state index is -1.11. The molecular weight excluding hydrogens is 338 g/mol. The summed E-state index contributed by atoms with van der Waals surface area (Å²) in [6, 6.07) is 29.7. The summed E-state index contributed by atoms with van der Waals surface area (Å²) in [4.78, 5) is 11.4. The quantitative estimate of drug-likeness (QED) is 0.553. The average molecular weight is 355 g/mol. The van der Waals surface area contributed by atoms with Gasteiger partial charge in [0.2, 0.25) is 0 Å². The molecule has 27 heavy (non-hydrogen) atoms. The third-order valence-corrected chi connectivity index (χ3v) is 4.63. The molecule has 0 fully saturated rings. The topological polar surface area (TPSA) is 68.0 Å². The Morgan fingerprint density at radius 1 is 0.741 bits per heavy atom. The van der Waals surface area contributed by atoms with E-state index in [1.54, 1.807) is 4.68 Å². The van der Waals surface area contributed by atoms with Crippen molar-refractivity contribution in [3.05, 3.63) is 120 Å². The number of carboxylic acid groups (broad SMARTS) is 1. The van der Waals surface area contributed by atoms with Gasteiger partial charge >= 0.3 is 5.97 Å². The van der Waals surface area contributed by atoms with Crippen LogP contribution in [0, 0.1) is 0 Å². The maximum Gasteiger partial charge on any atom is 0.358 e. The highest BCUT2D eigenvalue weighted by Crippen LogP contribution is 2.40. The summed E-state index contributed by atoms with van der Waals surface area (Å²) in [5.41, 5.74) is 1.95. The monoisotopic (exact) mass is 355 g/mol. The molecule has 0 atom stereocenters. The van der Waals surface area contributed by atoms with Gasteiger partial charge in [0.25, 0.3) is 0 Å². The Morgan fingerprint density at radius 3 is 1.48 bits per heavy atom. The van der Waals surface area contributed by atoms with Gasteiger partial charge in [-0.1, -0.05) is 96.2 Å². The molecule has 132 valence electrons. The van der Waals surface area contributed by atoms with Gasteiger partial charge in [0.05, 0.1) is 6.20 Å². The van der Waals surface area contributed by atoms with Gasteiger partial charge in [-0.3, -0.25) is 0 Å². The average Bonchev–Trinajstić information content (AvgIpc) is 3.22. The van der Waals surface area contributed by atoms with Crippen LogP contribution in [0.5, 0.6) is 0 Å². The van der Waals surface area contributed by atoms with Gasteiger partial charge in [-0.25, -0.2) is 9.48 Å². The smallest absolute Gasteiger partial charge is 0.358 e. The molecule has 4 aromatic rings. The van der Waals surface area contributed by atoms with Crippen molar-refractivity contribution in [2.24, 2.45) is 0 Å². The van der Waals surface area contributed by atoms with Crippen molar-refractivity contribution in [1.82, 2.24) is 15.0 Å². The molecule has 0 aliphatic rings. The standard InChI is InChI=1S/C22H17N3O2/c26-21(27)20-16-25(24-23-20)22(17-10-4-1-5-11-17,18-12-6-2-7-13-18)19-14-8-3-9-15-19/h1-16H,(H,26,27). The van der Waals surface area contributed by atoms with E-state index in [9.17, 15) is 9.90 Å². The van der Waals surface area contributed by atoms with Crippen LogP contribution < -0.4 is 0 Å². The van der Waals surface area contributed by atoms with E-state index in [1.165, 1.54) is 6.20 Å². The SMILES string of the molecule is O=C(O)c1cn(C(c2ccccc2)(c2ccccc2)c2ccccc2)nn1. The number of carboxylic acids is 1. The maximum absolute atomic E-state index is 11.4. The molecule has 3 aromatic carbocycles. The molecule has 1 heterocycles. The van der Waals surface area contributed by atoms with E-state index >= 15 is 0 Å². The van der Waals surface area contributed by atoms with Crippen molar-refractivity contribution in [2.45, 2.75) is 5.54 Å². The van der Waals surface area contributed by atoms with Gasteiger partial charge in [0, 0.05) is 0 Å². The Balaban J connectivity index is 2.10. The second-order valence-electron chi connectivity index (χ2n) is 6.16. The van der Waals surface area contributed by atoms with Gasteiger partial charge in [-0.15, -0.1) is 5.10 Å². The van der Waals surface area contributed by atoms with E-state index in [2.05, 4.69) is 10.3 Å². The first-order valence-electron chi connectivity index (χ1n) is 8.55. The largest absolute Gasteiger partial charge is 0.476 e. The number of hydrogen-bond acceptors (Lipinski definition) is 3. The first kappa shape index (κ1) is 16.7. The van der Waals surface area contributed by atoms with Crippen LogP contribution in [0.4, 0.5) is 0 Å². The zero-order valence-electron chi connectivity index (χ0n) is 14.4. The molecule has 0 spiro atoms. The summed E-state index contributed by atoms with van der Waals surface area (Å²) in [5, 5.41) is 17.5. The lowest BCUT2D eigenvalue weighted by Crippen LogP contribution is -2.38. The van der Waals surface area contributed by atoms with E-state index in [0.29, 0.717) is 0 Å². The number of hydrogen-bond donors (Lipinski definition) is 1. The zero-order valence-corrected chi connectivity index (χ0v) is 14.4. The molecule has 0 bridgehead atoms. The van der Waals surface area contributed by atoms with Crippen molar-refractivity contribution >= 4 is 5.97 Å². The Hall–Kier alpha value is -3.73. The highest BCUT2D eigenvalue weighted by Gasteiger charge is 2.39. The van der Waals surface area contributed by atoms with Gasteiger partial charge in [-0.2, -0.15) is 0 Å². The van der Waals surface area contributed by atoms with Crippen LogP contribution in [-0.4, -0.2) is 26.1 Å². The molecule has 0 amide bonds. The van der Waals surface area contributed by atoms with Gasteiger partial charge in [0.1, 0.15) is 5.54 Å². The molecule has 4 rings (SSSR count). The third kappa shape index (κ3) is 2.79. The Morgan fingerprint density at radius 2 is 1.15 bits per heavy atom. The van der Waals surface area contributed by atoms with Crippen LogP contribution in [-0.2, 0) is 5.54 Å². The minimum absolute atomic E-state index is 0.0952. The second kappa shape index (κ2) is 6.88. The van der Waals surface area contributed by atoms with Crippen molar-refractivity contribution in [3.63, 3.8) is 0 Å². The lowest BCUT2D eigenvalue weighted by molar-refractivity contribution is 0.0690. The third-order valence-electron chi connectivity index (χ3n) is 4.63. The molecular formula is C22H17N3O2. The van der Waals surface area contributed by atoms with Crippen molar-refractivity contribution in [3.8, 4) is 0 Å². The second-order valence-corrected chi connectivity index (χ2v) is 6.16. The summed E-state index contributed by atoms with van der Waals surface area (Å²) in [6.07, 6.45) is 1.48. The van der Waals surface area contributed by atoms with E-state index in [4.69, 9.17) is 0 Å². The number of aromatic nitrogens is 3. The normalized spacial score (nSPS) is 11.3. The van der Waals surface area contributed by atoms with Crippen molar-refractivity contribution in [1.29, 1.82) is 0 Å². The highest BCUT2D eigenvalue weighted by atomic mass is 16.4. The van der Waals surface area contributed by atoms with Crippen LogP contribution in [0.2, 0.25) is 0 Å². The maximum atomic E-state index is 11.4. The number of benzene rings is 3. The lowest BCUT2D eigenvalue weighted by atomic mass is 9.77. The molecule has 0 unspecified atom stereocenters. The number of nitrogens with zero attached hydrogens (tertiary/aromatic N) is 3. The molecule has 0 radical (unpaired) electrons. The molecule has 0 aliphatic heterocycles. The van der Waals surface area contributed by atoms with Crippen molar-refractivity contribution < 1.29 is 9.90 Å². The molecule has 0 saturated carbocycles. The van der Waals surface area contributed by atoms with Crippen LogP contribution in [0.25, 0.3) is 0 Å². The summed E-state index contributed by atoms with van der Waals surface area (Å²) in [6.45, 7) is 0. The fraction of sp³-hybridized carbons (Fsp3) is 0.0455. The summed E-state index contributed by atoms with van der Waals surface area (Å²) < 4.78 is 1.64. The molecule has 5 heteroatoms. The first-order chi connectivity index (χ1) is 13.2. The summed E-state index contributed by atoms with van der Waals surface area (Å²) >= 11 is 0. The minimum Gasteiger partial charge on any atom is -0.476 e. The van der Waals surface area contributed by atoms with Crippen LogP contribution >= 0.6 is 0 Å². The zero-order chi connectivity index (χ0) is 18.7. The van der Waals surface area contributed by atoms with E-state index in [1.807, 2.05) is 91.0 Å².